The molecule has 0 aromatic heterocycles. The maximum absolute atomic E-state index is 11.3. The van der Waals surface area contributed by atoms with Gasteiger partial charge in [0.2, 0.25) is 0 Å². The highest BCUT2D eigenvalue weighted by Gasteiger charge is 2.24. The lowest BCUT2D eigenvalue weighted by Gasteiger charge is -2.22. The Labute approximate surface area is 118 Å². The van der Waals surface area contributed by atoms with Gasteiger partial charge in [-0.3, -0.25) is 10.1 Å². The number of anilines is 1. The van der Waals surface area contributed by atoms with E-state index in [1.807, 2.05) is 18.7 Å². The average molecular weight is 277 g/mol. The second-order valence-electron chi connectivity index (χ2n) is 4.22. The van der Waals surface area contributed by atoms with E-state index in [2.05, 4.69) is 6.07 Å². The molecule has 1 rings (SSSR count). The Bertz CT molecular complexity index is 497. The number of nitriles is 1. The molecule has 0 unspecified atom stereocenters. The molecule has 1 aromatic rings. The Kier molecular flexibility index (Phi) is 6.30. The summed E-state index contributed by atoms with van der Waals surface area (Å²) in [6, 6.07) is 7.09. The molecule has 0 saturated carbocycles. The lowest BCUT2D eigenvalue weighted by Crippen LogP contribution is -2.24. The van der Waals surface area contributed by atoms with Crippen molar-refractivity contribution >= 4 is 11.4 Å². The van der Waals surface area contributed by atoms with Crippen molar-refractivity contribution in [2.45, 2.75) is 26.7 Å². The third-order valence-corrected chi connectivity index (χ3v) is 2.84. The van der Waals surface area contributed by atoms with E-state index < -0.39 is 4.92 Å². The quantitative estimate of drug-likeness (QED) is 0.538. The van der Waals surface area contributed by atoms with Gasteiger partial charge in [-0.25, -0.2) is 0 Å². The molecule has 0 aliphatic heterocycles. The highest BCUT2D eigenvalue weighted by atomic mass is 16.6. The molecule has 0 aliphatic rings. The largest absolute Gasteiger partial charge is 0.487 e. The van der Waals surface area contributed by atoms with Crippen LogP contribution in [0.3, 0.4) is 0 Å². The maximum atomic E-state index is 11.3. The molecule has 0 fully saturated rings. The lowest BCUT2D eigenvalue weighted by atomic mass is 10.2. The summed E-state index contributed by atoms with van der Waals surface area (Å²) in [7, 11) is 0. The number of para-hydroxylation sites is 1. The van der Waals surface area contributed by atoms with E-state index in [-0.39, 0.29) is 11.4 Å². The smallest absolute Gasteiger partial charge is 0.333 e. The minimum absolute atomic E-state index is 0.0271. The van der Waals surface area contributed by atoms with E-state index in [4.69, 9.17) is 10.00 Å². The molecule has 6 nitrogen and oxygen atoms in total. The van der Waals surface area contributed by atoms with Crippen LogP contribution in [0.1, 0.15) is 26.7 Å². The monoisotopic (exact) mass is 277 g/mol. The molecule has 0 heterocycles. The van der Waals surface area contributed by atoms with Crippen molar-refractivity contribution in [3.8, 4) is 11.8 Å². The van der Waals surface area contributed by atoms with E-state index in [0.29, 0.717) is 31.8 Å². The van der Waals surface area contributed by atoms with E-state index in [9.17, 15) is 10.1 Å². The predicted octanol–water partition coefficient (Wildman–Crippen LogP) is 3.12. The normalized spacial score (nSPS) is 9.85. The van der Waals surface area contributed by atoms with Crippen LogP contribution in [0, 0.1) is 21.4 Å². The fourth-order valence-electron chi connectivity index (χ4n) is 1.91. The molecule has 0 N–H and O–H groups in total. The maximum Gasteiger partial charge on any atom is 0.333 e. The van der Waals surface area contributed by atoms with Crippen LogP contribution in [0.4, 0.5) is 11.4 Å². The fraction of sp³-hybridized carbons (Fsp3) is 0.500. The van der Waals surface area contributed by atoms with E-state index in [1.165, 1.54) is 0 Å². The highest BCUT2D eigenvalue weighted by molar-refractivity contribution is 5.69. The predicted molar refractivity (Wildman–Crippen MR) is 77.0 cm³/mol. The zero-order valence-corrected chi connectivity index (χ0v) is 11.8. The highest BCUT2D eigenvalue weighted by Crippen LogP contribution is 2.37. The fourth-order valence-corrected chi connectivity index (χ4v) is 1.91. The van der Waals surface area contributed by atoms with Gasteiger partial charge in [-0.15, -0.1) is 0 Å². The molecule has 0 bridgehead atoms. The molecule has 108 valence electrons. The summed E-state index contributed by atoms with van der Waals surface area (Å²) in [5, 5.41) is 20.0. The van der Waals surface area contributed by atoms with Crippen molar-refractivity contribution in [3.05, 3.63) is 28.3 Å². The van der Waals surface area contributed by atoms with Crippen molar-refractivity contribution in [2.24, 2.45) is 0 Å². The number of nitro benzene ring substituents is 1. The molecule has 0 atom stereocenters. The molecule has 1 aromatic carbocycles. The van der Waals surface area contributed by atoms with Crippen molar-refractivity contribution in [2.75, 3.05) is 24.6 Å². The minimum atomic E-state index is -0.421. The van der Waals surface area contributed by atoms with E-state index in [1.54, 1.807) is 18.2 Å². The van der Waals surface area contributed by atoms with Gasteiger partial charge >= 0.3 is 5.69 Å². The Morgan fingerprint density at radius 2 is 2.20 bits per heavy atom. The SMILES string of the molecule is CCCOc1cccc(N(CC)CCC#N)c1[N+](=O)[O-]. The summed E-state index contributed by atoms with van der Waals surface area (Å²) < 4.78 is 5.45. The summed E-state index contributed by atoms with van der Waals surface area (Å²) in [6.45, 7) is 5.35. The first-order valence-corrected chi connectivity index (χ1v) is 6.67. The molecule has 0 amide bonds. The average Bonchev–Trinajstić information content (AvgIpc) is 2.45. The first-order chi connectivity index (χ1) is 9.65. The van der Waals surface area contributed by atoms with Crippen LogP contribution in [0.5, 0.6) is 5.75 Å². The van der Waals surface area contributed by atoms with Gasteiger partial charge in [0.25, 0.3) is 0 Å². The molecular weight excluding hydrogens is 258 g/mol. The van der Waals surface area contributed by atoms with Crippen LogP contribution in [0.2, 0.25) is 0 Å². The summed E-state index contributed by atoms with van der Waals surface area (Å²) in [5.74, 6) is 0.282. The second kappa shape index (κ2) is 8.00. The third-order valence-electron chi connectivity index (χ3n) is 2.84. The zero-order chi connectivity index (χ0) is 15.0. The number of nitrogens with zero attached hydrogens (tertiary/aromatic N) is 3. The van der Waals surface area contributed by atoms with Gasteiger partial charge < -0.3 is 9.64 Å². The van der Waals surface area contributed by atoms with Crippen LogP contribution in [0.25, 0.3) is 0 Å². The van der Waals surface area contributed by atoms with Crippen LogP contribution < -0.4 is 9.64 Å². The van der Waals surface area contributed by atoms with Crippen molar-refractivity contribution < 1.29 is 9.66 Å². The summed E-state index contributed by atoms with van der Waals surface area (Å²) >= 11 is 0. The van der Waals surface area contributed by atoms with Crippen LogP contribution in [0.15, 0.2) is 18.2 Å². The van der Waals surface area contributed by atoms with Crippen LogP contribution in [-0.2, 0) is 0 Å². The summed E-state index contributed by atoms with van der Waals surface area (Å²) in [6.07, 6.45) is 1.11. The molecule has 0 radical (unpaired) electrons. The molecule has 0 aliphatic carbocycles. The van der Waals surface area contributed by atoms with Gasteiger partial charge in [-0.2, -0.15) is 5.26 Å². The van der Waals surface area contributed by atoms with Crippen molar-refractivity contribution in [1.29, 1.82) is 5.26 Å². The number of rotatable bonds is 8. The lowest BCUT2D eigenvalue weighted by molar-refractivity contribution is -0.385. The summed E-state index contributed by atoms with van der Waals surface area (Å²) in [5.41, 5.74) is 0.474. The zero-order valence-electron chi connectivity index (χ0n) is 11.8. The van der Waals surface area contributed by atoms with Gasteiger partial charge in [0.05, 0.1) is 24.0 Å². The van der Waals surface area contributed by atoms with Gasteiger partial charge in [-0.05, 0) is 25.5 Å². The number of nitro groups is 1. The van der Waals surface area contributed by atoms with E-state index >= 15 is 0 Å². The number of hydrogen-bond donors (Lipinski definition) is 0. The number of ether oxygens (including phenoxy) is 1. The minimum Gasteiger partial charge on any atom is -0.487 e. The van der Waals surface area contributed by atoms with Crippen molar-refractivity contribution in [3.63, 3.8) is 0 Å². The molecule has 6 heteroatoms. The molecule has 20 heavy (non-hydrogen) atoms. The van der Waals surface area contributed by atoms with Gasteiger partial charge in [0, 0.05) is 13.1 Å². The van der Waals surface area contributed by atoms with E-state index in [0.717, 1.165) is 6.42 Å². The molecule has 0 spiro atoms. The Morgan fingerprint density at radius 3 is 2.75 bits per heavy atom. The number of hydrogen-bond acceptors (Lipinski definition) is 5. The number of benzene rings is 1. The van der Waals surface area contributed by atoms with Crippen molar-refractivity contribution in [1.82, 2.24) is 0 Å². The van der Waals surface area contributed by atoms with Gasteiger partial charge in [-0.1, -0.05) is 13.0 Å². The first-order valence-electron chi connectivity index (χ1n) is 6.67. The van der Waals surface area contributed by atoms with Crippen LogP contribution in [-0.4, -0.2) is 24.6 Å². The summed E-state index contributed by atoms with van der Waals surface area (Å²) in [4.78, 5) is 12.7. The topological polar surface area (TPSA) is 79.4 Å². The Balaban J connectivity index is 3.16. The standard InChI is InChI=1S/C14H19N3O3/c1-3-11-20-13-8-5-7-12(14(13)17(18)19)16(4-2)10-6-9-15/h5,7-8H,3-4,6,10-11H2,1-2H3. The first kappa shape index (κ1) is 15.8. The van der Waals surface area contributed by atoms with Gasteiger partial charge in [0.1, 0.15) is 5.69 Å². The van der Waals surface area contributed by atoms with Crippen LogP contribution >= 0.6 is 0 Å². The second-order valence-corrected chi connectivity index (χ2v) is 4.22. The third kappa shape index (κ3) is 3.85. The Morgan fingerprint density at radius 1 is 1.45 bits per heavy atom. The molecule has 0 saturated heterocycles. The Hall–Kier alpha value is -2.29. The van der Waals surface area contributed by atoms with Gasteiger partial charge in [0.15, 0.2) is 5.75 Å². The molecular formula is C14H19N3O3.